The minimum Gasteiger partial charge on any atom is -0.452 e. The van der Waals surface area contributed by atoms with Crippen LogP contribution in [0.15, 0.2) is 46.9 Å². The molecule has 1 atom stereocenters. The maximum atomic E-state index is 9.43. The lowest BCUT2D eigenvalue weighted by Crippen LogP contribution is -2.28. The van der Waals surface area contributed by atoms with Crippen LogP contribution in [0.5, 0.6) is 11.5 Å². The third kappa shape index (κ3) is 3.74. The van der Waals surface area contributed by atoms with Gasteiger partial charge in [-0.3, -0.25) is 0 Å². The van der Waals surface area contributed by atoms with Crippen molar-refractivity contribution in [3.8, 4) is 11.5 Å². The minimum atomic E-state index is -0.726. The number of rotatable bonds is 5. The summed E-state index contributed by atoms with van der Waals surface area (Å²) in [6.45, 7) is 3.71. The Hall–Kier alpha value is -1.52. The van der Waals surface area contributed by atoms with E-state index in [2.05, 4.69) is 15.9 Å². The van der Waals surface area contributed by atoms with Gasteiger partial charge in [-0.25, -0.2) is 0 Å². The molecule has 4 heteroatoms. The van der Waals surface area contributed by atoms with Gasteiger partial charge >= 0.3 is 0 Å². The third-order valence-electron chi connectivity index (χ3n) is 2.83. The van der Waals surface area contributed by atoms with E-state index in [0.29, 0.717) is 5.75 Å². The highest BCUT2D eigenvalue weighted by atomic mass is 79.9. The summed E-state index contributed by atoms with van der Waals surface area (Å²) in [5.41, 5.74) is 1.99. The van der Waals surface area contributed by atoms with Gasteiger partial charge < -0.3 is 14.6 Å². The molecule has 0 aromatic heterocycles. The molecule has 0 aliphatic rings. The van der Waals surface area contributed by atoms with Crippen LogP contribution < -0.4 is 9.47 Å². The Bertz CT molecular complexity index is 546. The van der Waals surface area contributed by atoms with Crippen LogP contribution >= 0.6 is 15.9 Å². The van der Waals surface area contributed by atoms with Crippen molar-refractivity contribution >= 4 is 15.9 Å². The smallest absolute Gasteiger partial charge is 0.263 e. The van der Waals surface area contributed by atoms with Gasteiger partial charge in [0.15, 0.2) is 0 Å². The SMILES string of the molecule is Cc1cc(Br)cc(C)c1OC(CO)Oc1ccccc1. The molecule has 106 valence electrons. The van der Waals surface area contributed by atoms with Crippen LogP contribution in [-0.2, 0) is 0 Å². The average molecular weight is 337 g/mol. The number of para-hydroxylation sites is 1. The first-order valence-electron chi connectivity index (χ1n) is 6.36. The molecule has 0 aliphatic carbocycles. The fraction of sp³-hybridized carbons (Fsp3) is 0.250. The Morgan fingerprint density at radius 3 is 2.20 bits per heavy atom. The topological polar surface area (TPSA) is 38.7 Å². The molecule has 0 saturated carbocycles. The summed E-state index contributed by atoms with van der Waals surface area (Å²) >= 11 is 3.45. The second-order valence-corrected chi connectivity index (χ2v) is 5.45. The van der Waals surface area contributed by atoms with Crippen LogP contribution in [0.2, 0.25) is 0 Å². The molecule has 1 unspecified atom stereocenters. The average Bonchev–Trinajstić information content (AvgIpc) is 2.42. The Kier molecular flexibility index (Phi) is 5.04. The minimum absolute atomic E-state index is 0.218. The van der Waals surface area contributed by atoms with Crippen molar-refractivity contribution in [1.29, 1.82) is 0 Å². The van der Waals surface area contributed by atoms with Crippen LogP contribution in [0, 0.1) is 13.8 Å². The Labute approximate surface area is 127 Å². The van der Waals surface area contributed by atoms with E-state index in [1.54, 1.807) is 0 Å². The number of benzene rings is 2. The lowest BCUT2D eigenvalue weighted by atomic mass is 10.1. The molecule has 0 bridgehead atoms. The zero-order chi connectivity index (χ0) is 14.5. The van der Waals surface area contributed by atoms with Gasteiger partial charge in [-0.2, -0.15) is 0 Å². The molecular formula is C16H17BrO3. The maximum Gasteiger partial charge on any atom is 0.263 e. The van der Waals surface area contributed by atoms with E-state index in [0.717, 1.165) is 21.3 Å². The van der Waals surface area contributed by atoms with Crippen LogP contribution in [0.4, 0.5) is 0 Å². The summed E-state index contributed by atoms with van der Waals surface area (Å²) in [7, 11) is 0. The molecule has 0 saturated heterocycles. The summed E-state index contributed by atoms with van der Waals surface area (Å²) in [6.07, 6.45) is -0.726. The summed E-state index contributed by atoms with van der Waals surface area (Å²) in [5.74, 6) is 1.40. The van der Waals surface area contributed by atoms with E-state index < -0.39 is 6.29 Å². The zero-order valence-electron chi connectivity index (χ0n) is 11.5. The first kappa shape index (κ1) is 14.9. The molecule has 2 aromatic carbocycles. The highest BCUT2D eigenvalue weighted by Gasteiger charge is 2.14. The van der Waals surface area contributed by atoms with E-state index in [-0.39, 0.29) is 6.61 Å². The lowest BCUT2D eigenvalue weighted by molar-refractivity contribution is -0.0358. The molecular weight excluding hydrogens is 320 g/mol. The molecule has 20 heavy (non-hydrogen) atoms. The summed E-state index contributed by atoms with van der Waals surface area (Å²) in [5, 5.41) is 9.43. The Balaban J connectivity index is 2.15. The number of aliphatic hydroxyl groups is 1. The fourth-order valence-corrected chi connectivity index (χ4v) is 2.65. The maximum absolute atomic E-state index is 9.43. The van der Waals surface area contributed by atoms with Crippen molar-refractivity contribution in [3.05, 3.63) is 58.1 Å². The molecule has 0 radical (unpaired) electrons. The zero-order valence-corrected chi connectivity index (χ0v) is 13.1. The molecule has 1 N–H and O–H groups in total. The van der Waals surface area contributed by atoms with Gasteiger partial charge in [-0.15, -0.1) is 0 Å². The van der Waals surface area contributed by atoms with E-state index in [1.165, 1.54) is 0 Å². The fourth-order valence-electron chi connectivity index (χ4n) is 1.96. The summed E-state index contributed by atoms with van der Waals surface area (Å²) in [6, 6.07) is 13.3. The normalized spacial score (nSPS) is 12.0. The van der Waals surface area contributed by atoms with E-state index in [9.17, 15) is 5.11 Å². The Morgan fingerprint density at radius 1 is 1.05 bits per heavy atom. The lowest BCUT2D eigenvalue weighted by Gasteiger charge is -2.21. The summed E-state index contributed by atoms with van der Waals surface area (Å²) in [4.78, 5) is 0. The van der Waals surface area contributed by atoms with Crippen LogP contribution in [0.25, 0.3) is 0 Å². The van der Waals surface area contributed by atoms with Crippen molar-refractivity contribution in [2.24, 2.45) is 0 Å². The highest BCUT2D eigenvalue weighted by Crippen LogP contribution is 2.28. The molecule has 0 heterocycles. The third-order valence-corrected chi connectivity index (χ3v) is 3.29. The van der Waals surface area contributed by atoms with Crippen molar-refractivity contribution < 1.29 is 14.6 Å². The van der Waals surface area contributed by atoms with Gasteiger partial charge in [-0.05, 0) is 49.2 Å². The van der Waals surface area contributed by atoms with Crippen molar-refractivity contribution in [2.45, 2.75) is 20.1 Å². The number of halogens is 1. The monoisotopic (exact) mass is 336 g/mol. The molecule has 2 aromatic rings. The van der Waals surface area contributed by atoms with Gasteiger partial charge in [0.2, 0.25) is 0 Å². The van der Waals surface area contributed by atoms with Gasteiger partial charge in [0.25, 0.3) is 6.29 Å². The predicted octanol–water partition coefficient (Wildman–Crippen LogP) is 3.84. The van der Waals surface area contributed by atoms with E-state index in [1.807, 2.05) is 56.3 Å². The molecule has 3 nitrogen and oxygen atoms in total. The molecule has 0 spiro atoms. The van der Waals surface area contributed by atoms with E-state index in [4.69, 9.17) is 9.47 Å². The van der Waals surface area contributed by atoms with Gasteiger partial charge in [-0.1, -0.05) is 34.1 Å². The number of ether oxygens (including phenoxy) is 2. The number of aryl methyl sites for hydroxylation is 2. The number of aliphatic hydroxyl groups excluding tert-OH is 1. The molecule has 2 rings (SSSR count). The van der Waals surface area contributed by atoms with Crippen LogP contribution in [0.3, 0.4) is 0 Å². The Morgan fingerprint density at radius 2 is 1.65 bits per heavy atom. The van der Waals surface area contributed by atoms with Gasteiger partial charge in [0.1, 0.15) is 18.1 Å². The second-order valence-electron chi connectivity index (χ2n) is 4.53. The number of hydrogen-bond acceptors (Lipinski definition) is 3. The molecule has 0 aliphatic heterocycles. The first-order valence-corrected chi connectivity index (χ1v) is 7.15. The highest BCUT2D eigenvalue weighted by molar-refractivity contribution is 9.10. The van der Waals surface area contributed by atoms with Gasteiger partial charge in [0.05, 0.1) is 0 Å². The van der Waals surface area contributed by atoms with Crippen LogP contribution in [-0.4, -0.2) is 18.0 Å². The standard InChI is InChI=1S/C16H17BrO3/c1-11-8-13(17)9-12(2)16(11)20-15(10-18)19-14-6-4-3-5-7-14/h3-9,15,18H,10H2,1-2H3. The van der Waals surface area contributed by atoms with Crippen molar-refractivity contribution in [3.63, 3.8) is 0 Å². The second kappa shape index (κ2) is 6.77. The molecule has 0 amide bonds. The van der Waals surface area contributed by atoms with E-state index >= 15 is 0 Å². The van der Waals surface area contributed by atoms with Gasteiger partial charge in [0, 0.05) is 4.47 Å². The quantitative estimate of drug-likeness (QED) is 0.843. The van der Waals surface area contributed by atoms with Crippen molar-refractivity contribution in [1.82, 2.24) is 0 Å². The number of hydrogen-bond donors (Lipinski definition) is 1. The molecule has 0 fully saturated rings. The van der Waals surface area contributed by atoms with Crippen LogP contribution in [0.1, 0.15) is 11.1 Å². The van der Waals surface area contributed by atoms with Crippen molar-refractivity contribution in [2.75, 3.05) is 6.61 Å². The largest absolute Gasteiger partial charge is 0.452 e. The summed E-state index contributed by atoms with van der Waals surface area (Å²) < 4.78 is 12.4. The first-order chi connectivity index (χ1) is 9.60. The predicted molar refractivity (Wildman–Crippen MR) is 82.2 cm³/mol.